The monoisotopic (exact) mass is 691 g/mol. The number of carbonyl (C=O) groups is 1. The van der Waals surface area contributed by atoms with Gasteiger partial charge in [0, 0.05) is 37.6 Å². The SMILES string of the molecule is Cc1nc2ccc(Br)cc2c(-c2ccccc2)c1C1=NN(C(=O)c2ccc(Br)o2)C(c2ccc(Br)cc2)C1. The Kier molecular flexibility index (Phi) is 6.80. The first-order valence-electron chi connectivity index (χ1n) is 12.0. The molecule has 3 heterocycles. The minimum absolute atomic E-state index is 0.226. The second-order valence-electron chi connectivity index (χ2n) is 9.05. The van der Waals surface area contributed by atoms with E-state index in [9.17, 15) is 4.79 Å². The molecule has 5 aromatic rings. The van der Waals surface area contributed by atoms with Crippen LogP contribution in [0.4, 0.5) is 0 Å². The fourth-order valence-corrected chi connectivity index (χ4v) is 5.88. The van der Waals surface area contributed by atoms with Crippen molar-refractivity contribution in [3.63, 3.8) is 0 Å². The van der Waals surface area contributed by atoms with E-state index in [1.54, 1.807) is 17.1 Å². The van der Waals surface area contributed by atoms with E-state index in [0.29, 0.717) is 11.1 Å². The van der Waals surface area contributed by atoms with Crippen LogP contribution < -0.4 is 0 Å². The minimum atomic E-state index is -0.297. The molecule has 1 unspecified atom stereocenters. The number of furan rings is 1. The second kappa shape index (κ2) is 10.2. The summed E-state index contributed by atoms with van der Waals surface area (Å²) in [7, 11) is 0. The molecule has 0 fully saturated rings. The molecule has 6 rings (SSSR count). The van der Waals surface area contributed by atoms with Gasteiger partial charge in [-0.15, -0.1) is 0 Å². The van der Waals surface area contributed by atoms with Gasteiger partial charge in [-0.2, -0.15) is 5.10 Å². The highest BCUT2D eigenvalue weighted by Gasteiger charge is 2.36. The first kappa shape index (κ1) is 25.2. The average Bonchev–Trinajstić information content (AvgIpc) is 3.55. The standard InChI is InChI=1S/C30H20Br3N3O2/c1-17-28(29(19-5-3-2-4-6-19)22-15-21(32)11-12-23(22)34-17)24-16-25(18-7-9-20(31)10-8-18)36(35-24)30(37)26-13-14-27(33)38-26/h2-15,25H,16H2,1H3. The molecule has 8 heteroatoms. The quantitative estimate of drug-likeness (QED) is 0.189. The van der Waals surface area contributed by atoms with E-state index < -0.39 is 0 Å². The van der Waals surface area contributed by atoms with Crippen LogP contribution in [0.25, 0.3) is 22.0 Å². The van der Waals surface area contributed by atoms with Gasteiger partial charge in [0.15, 0.2) is 10.4 Å². The zero-order chi connectivity index (χ0) is 26.4. The molecule has 1 aliphatic rings. The number of fused-ring (bicyclic) bond motifs is 1. The zero-order valence-electron chi connectivity index (χ0n) is 20.2. The first-order chi connectivity index (χ1) is 18.4. The van der Waals surface area contributed by atoms with Gasteiger partial charge in [0.2, 0.25) is 0 Å². The Morgan fingerprint density at radius 3 is 2.34 bits per heavy atom. The predicted octanol–water partition coefficient (Wildman–Crippen LogP) is 9.08. The van der Waals surface area contributed by atoms with Crippen LogP contribution >= 0.6 is 47.8 Å². The summed E-state index contributed by atoms with van der Waals surface area (Å²) in [6.45, 7) is 2.01. The van der Waals surface area contributed by atoms with E-state index in [1.165, 1.54) is 0 Å². The summed E-state index contributed by atoms with van der Waals surface area (Å²) in [5, 5.41) is 7.53. The molecule has 38 heavy (non-hydrogen) atoms. The molecular formula is C30H20Br3N3O2. The summed E-state index contributed by atoms with van der Waals surface area (Å²) in [5.74, 6) is -0.0708. The van der Waals surface area contributed by atoms with Gasteiger partial charge < -0.3 is 4.42 Å². The average molecular weight is 694 g/mol. The normalized spacial score (nSPS) is 15.2. The number of amides is 1. The number of nitrogens with zero attached hydrogens (tertiary/aromatic N) is 3. The molecule has 3 aromatic carbocycles. The van der Waals surface area contributed by atoms with Gasteiger partial charge >= 0.3 is 5.91 Å². The third kappa shape index (κ3) is 4.65. The lowest BCUT2D eigenvalue weighted by molar-refractivity contribution is 0.0677. The summed E-state index contributed by atoms with van der Waals surface area (Å²) in [4.78, 5) is 18.6. The maximum Gasteiger partial charge on any atom is 0.310 e. The van der Waals surface area contributed by atoms with Gasteiger partial charge in [-0.25, -0.2) is 5.01 Å². The van der Waals surface area contributed by atoms with E-state index in [-0.39, 0.29) is 17.7 Å². The Balaban J connectivity index is 1.56. The molecule has 0 saturated carbocycles. The number of pyridine rings is 1. The van der Waals surface area contributed by atoms with Crippen molar-refractivity contribution in [2.45, 2.75) is 19.4 Å². The van der Waals surface area contributed by atoms with Crippen molar-refractivity contribution < 1.29 is 9.21 Å². The highest BCUT2D eigenvalue weighted by molar-refractivity contribution is 9.11. The Bertz CT molecular complexity index is 1710. The van der Waals surface area contributed by atoms with Crippen LogP contribution in [0.3, 0.4) is 0 Å². The van der Waals surface area contributed by atoms with Gasteiger partial charge in [0.25, 0.3) is 0 Å². The second-order valence-corrected chi connectivity index (χ2v) is 11.7. The summed E-state index contributed by atoms with van der Waals surface area (Å²) >= 11 is 10.5. The van der Waals surface area contributed by atoms with Gasteiger partial charge in [-0.05, 0) is 76.4 Å². The highest BCUT2D eigenvalue weighted by atomic mass is 79.9. The number of benzene rings is 3. The fourth-order valence-electron chi connectivity index (χ4n) is 4.95. The van der Waals surface area contributed by atoms with Crippen molar-refractivity contribution in [1.82, 2.24) is 9.99 Å². The topological polar surface area (TPSA) is 58.7 Å². The van der Waals surface area contributed by atoms with Crippen molar-refractivity contribution in [1.29, 1.82) is 0 Å². The van der Waals surface area contributed by atoms with Gasteiger partial charge in [0.05, 0.1) is 17.3 Å². The van der Waals surface area contributed by atoms with E-state index >= 15 is 0 Å². The summed E-state index contributed by atoms with van der Waals surface area (Å²) in [5.41, 5.74) is 6.63. The maximum absolute atomic E-state index is 13.7. The lowest BCUT2D eigenvalue weighted by Crippen LogP contribution is -2.26. The van der Waals surface area contributed by atoms with Gasteiger partial charge in [0.1, 0.15) is 0 Å². The molecule has 0 spiro atoms. The maximum atomic E-state index is 13.7. The number of hydrazone groups is 1. The molecule has 0 radical (unpaired) electrons. The smallest absolute Gasteiger partial charge is 0.310 e. The van der Waals surface area contributed by atoms with Crippen molar-refractivity contribution in [2.75, 3.05) is 0 Å². The predicted molar refractivity (Wildman–Crippen MR) is 160 cm³/mol. The lowest BCUT2D eigenvalue weighted by Gasteiger charge is -2.21. The van der Waals surface area contributed by atoms with Crippen LogP contribution in [0.2, 0.25) is 0 Å². The summed E-state index contributed by atoms with van der Waals surface area (Å²) in [6.07, 6.45) is 0.539. The van der Waals surface area contributed by atoms with Crippen LogP contribution in [0, 0.1) is 6.92 Å². The van der Waals surface area contributed by atoms with Gasteiger partial charge in [-0.1, -0.05) is 74.3 Å². The number of carbonyl (C=O) groups excluding carboxylic acids is 1. The molecule has 2 aromatic heterocycles. The molecule has 1 aliphatic heterocycles. The van der Waals surface area contributed by atoms with Crippen molar-refractivity contribution in [3.05, 3.63) is 121 Å². The molecule has 188 valence electrons. The molecular weight excluding hydrogens is 674 g/mol. The molecule has 5 nitrogen and oxygen atoms in total. The first-order valence-corrected chi connectivity index (χ1v) is 14.3. The summed E-state index contributed by atoms with van der Waals surface area (Å²) < 4.78 is 8.06. The van der Waals surface area contributed by atoms with Crippen molar-refractivity contribution in [2.24, 2.45) is 5.10 Å². The number of rotatable bonds is 4. The number of aromatic nitrogens is 1. The molecule has 0 bridgehead atoms. The Hall–Kier alpha value is -3.07. The molecule has 0 aliphatic carbocycles. The van der Waals surface area contributed by atoms with Crippen LogP contribution in [0.5, 0.6) is 0 Å². The van der Waals surface area contributed by atoms with Gasteiger partial charge in [-0.3, -0.25) is 9.78 Å². The molecule has 1 atom stereocenters. The lowest BCUT2D eigenvalue weighted by atomic mass is 9.89. The third-order valence-corrected chi connectivity index (χ3v) is 8.08. The highest BCUT2D eigenvalue weighted by Crippen LogP contribution is 2.40. The molecule has 0 saturated heterocycles. The number of hydrogen-bond donors (Lipinski definition) is 0. The third-order valence-electron chi connectivity index (χ3n) is 6.64. The Labute approximate surface area is 245 Å². The molecule has 0 N–H and O–H groups in total. The van der Waals surface area contributed by atoms with Crippen LogP contribution in [0.1, 0.15) is 39.8 Å². The number of halogens is 3. The summed E-state index contributed by atoms with van der Waals surface area (Å²) in [6, 6.07) is 27.5. The zero-order valence-corrected chi connectivity index (χ0v) is 24.9. The van der Waals surface area contributed by atoms with E-state index in [1.807, 2.05) is 61.5 Å². The van der Waals surface area contributed by atoms with Crippen LogP contribution in [0.15, 0.2) is 108 Å². The van der Waals surface area contributed by atoms with Crippen LogP contribution in [-0.4, -0.2) is 21.6 Å². The van der Waals surface area contributed by atoms with E-state index in [4.69, 9.17) is 14.5 Å². The number of hydrogen-bond acceptors (Lipinski definition) is 4. The van der Waals surface area contributed by atoms with Crippen LogP contribution in [-0.2, 0) is 0 Å². The van der Waals surface area contributed by atoms with E-state index in [0.717, 1.165) is 53.5 Å². The van der Waals surface area contributed by atoms with Crippen molar-refractivity contribution >= 4 is 70.3 Å². The van der Waals surface area contributed by atoms with E-state index in [2.05, 4.69) is 66.0 Å². The number of aryl methyl sites for hydroxylation is 1. The Morgan fingerprint density at radius 2 is 1.63 bits per heavy atom. The molecule has 1 amide bonds. The largest absolute Gasteiger partial charge is 0.444 e. The Morgan fingerprint density at radius 1 is 0.895 bits per heavy atom. The fraction of sp³-hybridized carbons (Fsp3) is 0.100. The minimum Gasteiger partial charge on any atom is -0.444 e. The van der Waals surface area contributed by atoms with Crippen molar-refractivity contribution in [3.8, 4) is 11.1 Å².